The van der Waals surface area contributed by atoms with Gasteiger partial charge in [0.1, 0.15) is 5.75 Å². The normalized spacial score (nSPS) is 11.3. The molecule has 0 bridgehead atoms. The van der Waals surface area contributed by atoms with Crippen LogP contribution in [0.4, 0.5) is 0 Å². The third-order valence-electron chi connectivity index (χ3n) is 2.26. The number of hydrogen-bond acceptors (Lipinski definition) is 2. The minimum absolute atomic E-state index is 0.803. The Morgan fingerprint density at radius 2 is 1.93 bits per heavy atom. The Morgan fingerprint density at radius 1 is 1.33 bits per heavy atom. The summed E-state index contributed by atoms with van der Waals surface area (Å²) in [5.41, 5.74) is 2.93. The lowest BCUT2D eigenvalue weighted by molar-refractivity contribution is 0.415. The Kier molecular flexibility index (Phi) is 4.10. The lowest BCUT2D eigenvalue weighted by Crippen LogP contribution is -1.89. The Balaban J connectivity index is 2.83. The molecule has 0 saturated heterocycles. The van der Waals surface area contributed by atoms with Gasteiger partial charge in [-0.25, -0.2) is 0 Å². The maximum absolute atomic E-state index is 5.09. The molecule has 1 aromatic carbocycles. The molecular weight excluding hydrogens is 186 g/mol. The molecule has 0 atom stereocenters. The van der Waals surface area contributed by atoms with Crippen LogP contribution in [0.3, 0.4) is 0 Å². The maximum Gasteiger partial charge on any atom is 0.118 e. The third-order valence-corrected chi connectivity index (χ3v) is 2.26. The molecule has 0 N–H and O–H groups in total. The smallest absolute Gasteiger partial charge is 0.118 e. The van der Waals surface area contributed by atoms with Crippen molar-refractivity contribution in [3.8, 4) is 5.75 Å². The van der Waals surface area contributed by atoms with Crippen LogP contribution >= 0.6 is 0 Å². The summed E-state index contributed by atoms with van der Waals surface area (Å²) in [4.78, 5) is 4.40. The standard InChI is InChI=1S/C13H17NO/c1-5-10(2)14-11(3)12-6-8-13(15-4)9-7-12/h6-9H,3,5H2,1-2,4H3. The van der Waals surface area contributed by atoms with E-state index >= 15 is 0 Å². The van der Waals surface area contributed by atoms with Gasteiger partial charge in [0.25, 0.3) is 0 Å². The van der Waals surface area contributed by atoms with Crippen LogP contribution < -0.4 is 4.74 Å². The number of rotatable bonds is 4. The van der Waals surface area contributed by atoms with Crippen LogP contribution in [0.15, 0.2) is 35.8 Å². The first kappa shape index (κ1) is 11.5. The van der Waals surface area contributed by atoms with Gasteiger partial charge in [0.15, 0.2) is 0 Å². The molecule has 0 amide bonds. The van der Waals surface area contributed by atoms with Gasteiger partial charge in [0, 0.05) is 5.71 Å². The van der Waals surface area contributed by atoms with Gasteiger partial charge in [-0.2, -0.15) is 0 Å². The number of aliphatic imine (C=N–C) groups is 1. The molecular formula is C13H17NO. The Labute approximate surface area is 91.3 Å². The summed E-state index contributed by atoms with van der Waals surface area (Å²) >= 11 is 0. The van der Waals surface area contributed by atoms with E-state index in [1.807, 2.05) is 31.2 Å². The Bertz CT molecular complexity index is 363. The number of benzene rings is 1. The van der Waals surface area contributed by atoms with Crippen LogP contribution in [0.2, 0.25) is 0 Å². The molecule has 0 aliphatic heterocycles. The number of hydrogen-bond donors (Lipinski definition) is 0. The van der Waals surface area contributed by atoms with Crippen molar-refractivity contribution in [2.24, 2.45) is 4.99 Å². The number of ether oxygens (including phenoxy) is 1. The molecule has 0 aliphatic carbocycles. The summed E-state index contributed by atoms with van der Waals surface area (Å²) in [5, 5.41) is 0. The molecule has 0 saturated carbocycles. The van der Waals surface area contributed by atoms with E-state index in [2.05, 4.69) is 18.5 Å². The molecule has 0 unspecified atom stereocenters. The molecule has 0 radical (unpaired) electrons. The molecule has 0 aromatic heterocycles. The summed E-state index contributed by atoms with van der Waals surface area (Å²) in [6, 6.07) is 7.76. The lowest BCUT2D eigenvalue weighted by atomic mass is 10.1. The van der Waals surface area contributed by atoms with Crippen molar-refractivity contribution in [2.75, 3.05) is 7.11 Å². The van der Waals surface area contributed by atoms with Crippen LogP contribution in [-0.2, 0) is 0 Å². The fourth-order valence-corrected chi connectivity index (χ4v) is 1.16. The lowest BCUT2D eigenvalue weighted by Gasteiger charge is -2.03. The maximum atomic E-state index is 5.09. The van der Waals surface area contributed by atoms with E-state index in [1.54, 1.807) is 7.11 Å². The second-order valence-electron chi connectivity index (χ2n) is 3.38. The highest BCUT2D eigenvalue weighted by atomic mass is 16.5. The first-order valence-electron chi connectivity index (χ1n) is 5.05. The molecule has 0 spiro atoms. The summed E-state index contributed by atoms with van der Waals surface area (Å²) in [7, 11) is 1.66. The SMILES string of the molecule is C=C(N=C(C)CC)c1ccc(OC)cc1. The van der Waals surface area contributed by atoms with E-state index in [9.17, 15) is 0 Å². The van der Waals surface area contributed by atoms with Crippen LogP contribution in [0.25, 0.3) is 5.70 Å². The molecule has 1 rings (SSSR count). The van der Waals surface area contributed by atoms with Crippen LogP contribution in [0.5, 0.6) is 5.75 Å². The van der Waals surface area contributed by atoms with Crippen molar-refractivity contribution in [3.63, 3.8) is 0 Å². The Hall–Kier alpha value is -1.57. The number of methoxy groups -OCH3 is 1. The van der Waals surface area contributed by atoms with Gasteiger partial charge < -0.3 is 4.74 Å². The van der Waals surface area contributed by atoms with E-state index in [4.69, 9.17) is 4.74 Å². The zero-order chi connectivity index (χ0) is 11.3. The summed E-state index contributed by atoms with van der Waals surface area (Å²) in [6.45, 7) is 8.03. The molecule has 80 valence electrons. The van der Waals surface area contributed by atoms with Crippen molar-refractivity contribution in [1.82, 2.24) is 0 Å². The van der Waals surface area contributed by atoms with Crippen LogP contribution in [-0.4, -0.2) is 12.8 Å². The topological polar surface area (TPSA) is 21.6 Å². The van der Waals surface area contributed by atoms with E-state index in [0.717, 1.165) is 29.1 Å². The predicted octanol–water partition coefficient (Wildman–Crippen LogP) is 3.54. The van der Waals surface area contributed by atoms with Gasteiger partial charge in [-0.05, 0) is 43.2 Å². The Morgan fingerprint density at radius 3 is 2.40 bits per heavy atom. The predicted molar refractivity (Wildman–Crippen MR) is 65.4 cm³/mol. The molecule has 0 fully saturated rings. The van der Waals surface area contributed by atoms with Crippen molar-refractivity contribution >= 4 is 11.4 Å². The highest BCUT2D eigenvalue weighted by Gasteiger charge is 1.98. The average molecular weight is 203 g/mol. The summed E-state index contributed by atoms with van der Waals surface area (Å²) in [6.07, 6.45) is 0.954. The van der Waals surface area contributed by atoms with Crippen molar-refractivity contribution in [3.05, 3.63) is 36.4 Å². The highest BCUT2D eigenvalue weighted by Crippen LogP contribution is 2.18. The third kappa shape index (κ3) is 3.24. The molecule has 0 heterocycles. The zero-order valence-corrected chi connectivity index (χ0v) is 9.58. The zero-order valence-electron chi connectivity index (χ0n) is 9.58. The first-order valence-corrected chi connectivity index (χ1v) is 5.05. The van der Waals surface area contributed by atoms with Crippen LogP contribution in [0, 0.1) is 0 Å². The fourth-order valence-electron chi connectivity index (χ4n) is 1.16. The van der Waals surface area contributed by atoms with E-state index in [-0.39, 0.29) is 0 Å². The van der Waals surface area contributed by atoms with Gasteiger partial charge in [0.05, 0.1) is 12.8 Å². The molecule has 2 nitrogen and oxygen atoms in total. The van der Waals surface area contributed by atoms with Gasteiger partial charge in [0.2, 0.25) is 0 Å². The van der Waals surface area contributed by atoms with E-state index in [1.165, 1.54) is 0 Å². The minimum Gasteiger partial charge on any atom is -0.497 e. The second-order valence-corrected chi connectivity index (χ2v) is 3.38. The van der Waals surface area contributed by atoms with Crippen molar-refractivity contribution in [1.29, 1.82) is 0 Å². The van der Waals surface area contributed by atoms with Crippen molar-refractivity contribution in [2.45, 2.75) is 20.3 Å². The number of nitrogens with zero attached hydrogens (tertiary/aromatic N) is 1. The quantitative estimate of drug-likeness (QED) is 0.686. The summed E-state index contributed by atoms with van der Waals surface area (Å²) in [5.74, 6) is 0.850. The largest absolute Gasteiger partial charge is 0.497 e. The molecule has 1 aromatic rings. The van der Waals surface area contributed by atoms with Gasteiger partial charge >= 0.3 is 0 Å². The molecule has 0 aliphatic rings. The van der Waals surface area contributed by atoms with Gasteiger partial charge in [-0.15, -0.1) is 0 Å². The average Bonchev–Trinajstić information content (AvgIpc) is 2.29. The molecule has 15 heavy (non-hydrogen) atoms. The van der Waals surface area contributed by atoms with Crippen molar-refractivity contribution < 1.29 is 4.74 Å². The highest BCUT2D eigenvalue weighted by molar-refractivity contribution is 5.87. The van der Waals surface area contributed by atoms with E-state index < -0.39 is 0 Å². The van der Waals surface area contributed by atoms with Gasteiger partial charge in [-0.3, -0.25) is 4.99 Å². The minimum atomic E-state index is 0.803. The first-order chi connectivity index (χ1) is 7.17. The van der Waals surface area contributed by atoms with Gasteiger partial charge in [-0.1, -0.05) is 13.5 Å². The van der Waals surface area contributed by atoms with E-state index in [0.29, 0.717) is 0 Å². The summed E-state index contributed by atoms with van der Waals surface area (Å²) < 4.78 is 5.09. The molecule has 2 heteroatoms. The van der Waals surface area contributed by atoms with Crippen LogP contribution in [0.1, 0.15) is 25.8 Å². The fraction of sp³-hybridized carbons (Fsp3) is 0.308. The monoisotopic (exact) mass is 203 g/mol. The second kappa shape index (κ2) is 5.35.